The summed E-state index contributed by atoms with van der Waals surface area (Å²) in [5, 5.41) is 4.95. The van der Waals surface area contributed by atoms with E-state index in [1.165, 1.54) is 7.11 Å². The number of hydrogen-bond acceptors (Lipinski definition) is 3. The normalized spacial score (nSPS) is 22.6. The van der Waals surface area contributed by atoms with Crippen molar-refractivity contribution in [3.63, 3.8) is 0 Å². The summed E-state index contributed by atoms with van der Waals surface area (Å²) in [7, 11) is -1.90. The van der Waals surface area contributed by atoms with Gasteiger partial charge in [0.2, 0.25) is 10.0 Å². The highest BCUT2D eigenvalue weighted by atomic mass is 32.2. The molecule has 1 aliphatic carbocycles. The van der Waals surface area contributed by atoms with Gasteiger partial charge >= 0.3 is 0 Å². The van der Waals surface area contributed by atoms with Gasteiger partial charge in [0.25, 0.3) is 0 Å². The molecule has 1 aliphatic rings. The van der Waals surface area contributed by atoms with Crippen LogP contribution in [0.1, 0.15) is 12.8 Å². The van der Waals surface area contributed by atoms with Gasteiger partial charge in [0, 0.05) is 7.11 Å². The van der Waals surface area contributed by atoms with Gasteiger partial charge < -0.3 is 4.74 Å². The molecule has 1 rings (SSSR count). The summed E-state index contributed by atoms with van der Waals surface area (Å²) in [6, 6.07) is 0. The maximum absolute atomic E-state index is 10.8. The lowest BCUT2D eigenvalue weighted by atomic mass is 10.4. The van der Waals surface area contributed by atoms with Crippen LogP contribution < -0.4 is 5.14 Å². The summed E-state index contributed by atoms with van der Waals surface area (Å²) in [5.74, 6) is 0. The summed E-state index contributed by atoms with van der Waals surface area (Å²) in [6.45, 7) is 0.228. The standard InChI is InChI=1S/C5H11NO3S/c1-9-4-5(2-3-5)10(6,7)8/h2-4H2,1H3,(H2,6,7,8). The number of sulfonamides is 1. The first kappa shape index (κ1) is 7.97. The lowest BCUT2D eigenvalue weighted by Crippen LogP contribution is -2.34. The Morgan fingerprint density at radius 2 is 2.10 bits per heavy atom. The fourth-order valence-electron chi connectivity index (χ4n) is 0.913. The number of hydrogen-bond donors (Lipinski definition) is 1. The molecule has 0 atom stereocenters. The third-order valence-corrected chi connectivity index (χ3v) is 3.55. The SMILES string of the molecule is COCC1(S(N)(=O)=O)CC1. The Hall–Kier alpha value is -0.130. The molecule has 0 amide bonds. The molecule has 0 radical (unpaired) electrons. The molecule has 0 heterocycles. The van der Waals surface area contributed by atoms with E-state index >= 15 is 0 Å². The summed E-state index contributed by atoms with van der Waals surface area (Å²) in [4.78, 5) is 0. The second-order valence-corrected chi connectivity index (χ2v) is 4.62. The number of ether oxygens (including phenoxy) is 1. The molecule has 0 aromatic heterocycles. The van der Waals surface area contributed by atoms with Crippen molar-refractivity contribution >= 4 is 10.0 Å². The fourth-order valence-corrected chi connectivity index (χ4v) is 1.87. The van der Waals surface area contributed by atoms with Crippen molar-refractivity contribution in [3.8, 4) is 0 Å². The number of rotatable bonds is 3. The van der Waals surface area contributed by atoms with Crippen LogP contribution in [0.25, 0.3) is 0 Å². The molecule has 5 heteroatoms. The first-order chi connectivity index (χ1) is 4.52. The molecule has 1 fully saturated rings. The van der Waals surface area contributed by atoms with Crippen molar-refractivity contribution in [2.24, 2.45) is 5.14 Å². The Bertz CT molecular complexity index is 217. The van der Waals surface area contributed by atoms with Crippen LogP contribution in [0.15, 0.2) is 0 Å². The van der Waals surface area contributed by atoms with Crippen LogP contribution in [0.5, 0.6) is 0 Å². The molecule has 0 saturated heterocycles. The molecule has 4 nitrogen and oxygen atoms in total. The molecular weight excluding hydrogens is 154 g/mol. The number of methoxy groups -OCH3 is 1. The zero-order chi connectivity index (χ0) is 7.83. The van der Waals surface area contributed by atoms with Gasteiger partial charge in [0.15, 0.2) is 0 Å². The molecule has 0 spiro atoms. The van der Waals surface area contributed by atoms with E-state index in [4.69, 9.17) is 9.88 Å². The van der Waals surface area contributed by atoms with Gasteiger partial charge in [-0.25, -0.2) is 13.6 Å². The Morgan fingerprint density at radius 3 is 2.20 bits per heavy atom. The molecule has 0 aliphatic heterocycles. The fraction of sp³-hybridized carbons (Fsp3) is 1.00. The Balaban J connectivity index is 2.71. The maximum atomic E-state index is 10.8. The van der Waals surface area contributed by atoms with Crippen LogP contribution in [0, 0.1) is 0 Å². The second kappa shape index (κ2) is 2.18. The Morgan fingerprint density at radius 1 is 1.60 bits per heavy atom. The zero-order valence-electron chi connectivity index (χ0n) is 5.83. The van der Waals surface area contributed by atoms with Gasteiger partial charge in [-0.2, -0.15) is 0 Å². The predicted molar refractivity (Wildman–Crippen MR) is 36.9 cm³/mol. The largest absolute Gasteiger partial charge is 0.383 e. The van der Waals surface area contributed by atoms with Gasteiger partial charge in [0.1, 0.15) is 4.75 Å². The minimum atomic E-state index is -3.38. The quantitative estimate of drug-likeness (QED) is 0.610. The maximum Gasteiger partial charge on any atom is 0.217 e. The van der Waals surface area contributed by atoms with Crippen molar-refractivity contribution in [2.75, 3.05) is 13.7 Å². The second-order valence-electron chi connectivity index (χ2n) is 2.66. The van der Waals surface area contributed by atoms with Gasteiger partial charge in [0.05, 0.1) is 6.61 Å². The molecule has 10 heavy (non-hydrogen) atoms. The Kier molecular flexibility index (Phi) is 1.74. The minimum absolute atomic E-state index is 0.228. The average molecular weight is 165 g/mol. The third kappa shape index (κ3) is 1.16. The monoisotopic (exact) mass is 165 g/mol. The van der Waals surface area contributed by atoms with E-state index in [1.54, 1.807) is 0 Å². The van der Waals surface area contributed by atoms with E-state index in [1.807, 2.05) is 0 Å². The molecular formula is C5H11NO3S. The highest BCUT2D eigenvalue weighted by Gasteiger charge is 2.52. The van der Waals surface area contributed by atoms with Crippen molar-refractivity contribution in [2.45, 2.75) is 17.6 Å². The highest BCUT2D eigenvalue weighted by Crippen LogP contribution is 2.41. The van der Waals surface area contributed by atoms with Crippen LogP contribution in [0.2, 0.25) is 0 Å². The third-order valence-electron chi connectivity index (χ3n) is 1.82. The van der Waals surface area contributed by atoms with Gasteiger partial charge in [-0.1, -0.05) is 0 Å². The van der Waals surface area contributed by atoms with Gasteiger partial charge in [-0.15, -0.1) is 0 Å². The molecule has 60 valence electrons. The van der Waals surface area contributed by atoms with Gasteiger partial charge in [-0.3, -0.25) is 0 Å². The minimum Gasteiger partial charge on any atom is -0.383 e. The molecule has 0 unspecified atom stereocenters. The molecule has 2 N–H and O–H groups in total. The lowest BCUT2D eigenvalue weighted by Gasteiger charge is -2.09. The van der Waals surface area contributed by atoms with E-state index in [0.717, 1.165) is 0 Å². The van der Waals surface area contributed by atoms with Crippen molar-refractivity contribution < 1.29 is 13.2 Å². The highest BCUT2D eigenvalue weighted by molar-refractivity contribution is 7.90. The predicted octanol–water partition coefficient (Wildman–Crippen LogP) is -0.546. The van der Waals surface area contributed by atoms with Crippen molar-refractivity contribution in [3.05, 3.63) is 0 Å². The molecule has 0 bridgehead atoms. The van der Waals surface area contributed by atoms with E-state index in [0.29, 0.717) is 12.8 Å². The van der Waals surface area contributed by atoms with Gasteiger partial charge in [-0.05, 0) is 12.8 Å². The summed E-state index contributed by atoms with van der Waals surface area (Å²) >= 11 is 0. The number of nitrogens with two attached hydrogens (primary N) is 1. The average Bonchev–Trinajstić information content (AvgIpc) is 2.45. The lowest BCUT2D eigenvalue weighted by molar-refractivity contribution is 0.192. The van der Waals surface area contributed by atoms with Crippen LogP contribution in [-0.4, -0.2) is 26.9 Å². The van der Waals surface area contributed by atoms with Crippen molar-refractivity contribution in [1.82, 2.24) is 0 Å². The van der Waals surface area contributed by atoms with E-state index in [9.17, 15) is 8.42 Å². The first-order valence-corrected chi connectivity index (χ1v) is 4.58. The summed E-state index contributed by atoms with van der Waals surface area (Å²) < 4.78 is 25.6. The molecule has 0 aromatic carbocycles. The topological polar surface area (TPSA) is 69.4 Å². The van der Waals surface area contributed by atoms with E-state index < -0.39 is 14.8 Å². The van der Waals surface area contributed by atoms with E-state index in [-0.39, 0.29) is 6.61 Å². The molecule has 1 saturated carbocycles. The van der Waals surface area contributed by atoms with Crippen molar-refractivity contribution in [1.29, 1.82) is 0 Å². The number of primary sulfonamides is 1. The molecule has 0 aromatic rings. The van der Waals surface area contributed by atoms with E-state index in [2.05, 4.69) is 0 Å². The first-order valence-electron chi connectivity index (χ1n) is 3.03. The van der Waals surface area contributed by atoms with Crippen LogP contribution >= 0.6 is 0 Å². The van der Waals surface area contributed by atoms with Crippen LogP contribution in [-0.2, 0) is 14.8 Å². The van der Waals surface area contributed by atoms with Crippen LogP contribution in [0.4, 0.5) is 0 Å². The Labute approximate surface area is 60.4 Å². The smallest absolute Gasteiger partial charge is 0.217 e. The summed E-state index contributed by atoms with van der Waals surface area (Å²) in [5.41, 5.74) is 0. The zero-order valence-corrected chi connectivity index (χ0v) is 6.65. The van der Waals surface area contributed by atoms with Crippen LogP contribution in [0.3, 0.4) is 0 Å². The summed E-state index contributed by atoms with van der Waals surface area (Å²) in [6.07, 6.45) is 1.28.